The van der Waals surface area contributed by atoms with Gasteiger partial charge >= 0.3 is 6.18 Å². The molecule has 0 atom stereocenters. The van der Waals surface area contributed by atoms with Crippen molar-refractivity contribution < 1.29 is 22.7 Å². The molecule has 6 heteroatoms. The molecule has 0 aromatic heterocycles. The Kier molecular flexibility index (Phi) is 4.44. The highest BCUT2D eigenvalue weighted by Gasteiger charge is 2.33. The largest absolute Gasteiger partial charge is 0.478 e. The number of likely N-dealkylation sites (N-methyl/N-ethyl adjacent to an activating group) is 1. The molecule has 3 nitrogen and oxygen atoms in total. The Balaban J connectivity index is 2.91. The van der Waals surface area contributed by atoms with Crippen molar-refractivity contribution in [2.45, 2.75) is 32.5 Å². The van der Waals surface area contributed by atoms with Gasteiger partial charge in [-0.1, -0.05) is 6.07 Å². The predicted octanol–water partition coefficient (Wildman–Crippen LogP) is 3.00. The number of benzene rings is 1. The summed E-state index contributed by atoms with van der Waals surface area (Å²) in [5.74, 6) is -0.376. The van der Waals surface area contributed by atoms with Crippen molar-refractivity contribution >= 4 is 5.91 Å². The highest BCUT2D eigenvalue weighted by molar-refractivity contribution is 5.84. The van der Waals surface area contributed by atoms with Crippen LogP contribution in [0.4, 0.5) is 13.2 Å². The highest BCUT2D eigenvalue weighted by Crippen LogP contribution is 2.32. The van der Waals surface area contributed by atoms with Crippen molar-refractivity contribution in [1.29, 1.82) is 0 Å². The zero-order chi connectivity index (χ0) is 14.7. The Labute approximate surface area is 109 Å². The molecular formula is C13H16F3NO2. The number of nitrogens with one attached hydrogen (secondary N) is 1. The third-order valence-corrected chi connectivity index (χ3v) is 2.42. The Bertz CT molecular complexity index is 455. The van der Waals surface area contributed by atoms with Gasteiger partial charge in [0, 0.05) is 6.54 Å². The minimum atomic E-state index is -4.44. The molecule has 0 unspecified atom stereocenters. The number of amides is 1. The minimum absolute atomic E-state index is 0.00563. The first kappa shape index (κ1) is 15.3. The molecule has 0 saturated heterocycles. The number of carbonyl (C=O) groups is 1. The number of alkyl halides is 3. The second-order valence-corrected chi connectivity index (χ2v) is 4.50. The normalized spacial score (nSPS) is 12.1. The zero-order valence-electron chi connectivity index (χ0n) is 11.0. The summed E-state index contributed by atoms with van der Waals surface area (Å²) < 4.78 is 43.0. The molecule has 1 aromatic rings. The first-order chi connectivity index (χ1) is 8.66. The number of carbonyl (C=O) groups excluding carboxylic acids is 1. The van der Waals surface area contributed by atoms with Gasteiger partial charge in [-0.15, -0.1) is 0 Å². The molecule has 0 saturated carbocycles. The minimum Gasteiger partial charge on any atom is -0.478 e. The molecule has 0 aliphatic heterocycles. The fourth-order valence-corrected chi connectivity index (χ4v) is 1.45. The summed E-state index contributed by atoms with van der Waals surface area (Å²) in [6.45, 7) is 5.17. The summed E-state index contributed by atoms with van der Waals surface area (Å²) in [7, 11) is 0. The monoisotopic (exact) mass is 275 g/mol. The van der Waals surface area contributed by atoms with Crippen molar-refractivity contribution in [2.24, 2.45) is 0 Å². The van der Waals surface area contributed by atoms with E-state index < -0.39 is 17.3 Å². The molecule has 0 spiro atoms. The van der Waals surface area contributed by atoms with Gasteiger partial charge in [-0.25, -0.2) is 0 Å². The lowest BCUT2D eigenvalue weighted by Crippen LogP contribution is -2.46. The lowest BCUT2D eigenvalue weighted by atomic mass is 10.1. The lowest BCUT2D eigenvalue weighted by molar-refractivity contribution is -0.137. The van der Waals surface area contributed by atoms with E-state index in [-0.39, 0.29) is 11.7 Å². The molecule has 1 amide bonds. The molecule has 1 N–H and O–H groups in total. The van der Waals surface area contributed by atoms with Crippen LogP contribution in [0.25, 0.3) is 0 Å². The highest BCUT2D eigenvalue weighted by atomic mass is 19.4. The molecule has 0 radical (unpaired) electrons. The maximum atomic E-state index is 12.5. The molecule has 0 aliphatic carbocycles. The Hall–Kier alpha value is -1.72. The average Bonchev–Trinajstić information content (AvgIpc) is 2.28. The van der Waals surface area contributed by atoms with Crippen LogP contribution in [-0.4, -0.2) is 18.1 Å². The van der Waals surface area contributed by atoms with Crippen molar-refractivity contribution in [3.8, 4) is 5.75 Å². The van der Waals surface area contributed by atoms with E-state index in [0.29, 0.717) is 6.54 Å². The quantitative estimate of drug-likeness (QED) is 0.917. The number of rotatable bonds is 4. The first-order valence-corrected chi connectivity index (χ1v) is 5.81. The second kappa shape index (κ2) is 5.50. The summed E-state index contributed by atoms with van der Waals surface area (Å²) in [5, 5.41) is 2.56. The maximum absolute atomic E-state index is 12.5. The molecule has 0 fully saturated rings. The van der Waals surface area contributed by atoms with Gasteiger partial charge in [0.1, 0.15) is 5.75 Å². The van der Waals surface area contributed by atoms with Gasteiger partial charge in [-0.3, -0.25) is 4.79 Å². The van der Waals surface area contributed by atoms with E-state index in [9.17, 15) is 18.0 Å². The third-order valence-electron chi connectivity index (χ3n) is 2.42. The predicted molar refractivity (Wildman–Crippen MR) is 64.8 cm³/mol. The summed E-state index contributed by atoms with van der Waals surface area (Å²) in [6.07, 6.45) is -4.44. The van der Waals surface area contributed by atoms with E-state index in [1.165, 1.54) is 26.0 Å². The van der Waals surface area contributed by atoms with E-state index >= 15 is 0 Å². The van der Waals surface area contributed by atoms with Crippen LogP contribution < -0.4 is 10.1 Å². The fourth-order valence-electron chi connectivity index (χ4n) is 1.45. The van der Waals surface area contributed by atoms with E-state index in [2.05, 4.69) is 5.32 Å². The Morgan fingerprint density at radius 1 is 1.32 bits per heavy atom. The fraction of sp³-hybridized carbons (Fsp3) is 0.462. The van der Waals surface area contributed by atoms with Crippen LogP contribution in [0.3, 0.4) is 0 Å². The van der Waals surface area contributed by atoms with Crippen LogP contribution in [-0.2, 0) is 11.0 Å². The number of hydrogen-bond donors (Lipinski definition) is 1. The van der Waals surface area contributed by atoms with Crippen molar-refractivity contribution in [2.75, 3.05) is 6.54 Å². The Morgan fingerprint density at radius 2 is 1.95 bits per heavy atom. The molecule has 0 bridgehead atoms. The van der Waals surface area contributed by atoms with Crippen LogP contribution in [0.15, 0.2) is 24.3 Å². The number of ether oxygens (including phenoxy) is 1. The van der Waals surface area contributed by atoms with Gasteiger partial charge in [-0.2, -0.15) is 13.2 Å². The zero-order valence-corrected chi connectivity index (χ0v) is 11.0. The molecule has 1 aromatic carbocycles. The third kappa shape index (κ3) is 4.15. The standard InChI is InChI=1S/C13H16F3NO2/c1-4-17-11(18)12(2,3)19-10-7-5-6-9(8-10)13(14,15)16/h5-8H,4H2,1-3H3,(H,17,18). The molecule has 0 aliphatic rings. The van der Waals surface area contributed by atoms with Crippen LogP contribution in [0.5, 0.6) is 5.75 Å². The molecule has 0 heterocycles. The van der Waals surface area contributed by atoms with Crippen LogP contribution in [0.2, 0.25) is 0 Å². The topological polar surface area (TPSA) is 38.3 Å². The van der Waals surface area contributed by atoms with Gasteiger partial charge < -0.3 is 10.1 Å². The van der Waals surface area contributed by atoms with Gasteiger partial charge in [0.2, 0.25) is 0 Å². The van der Waals surface area contributed by atoms with E-state index in [0.717, 1.165) is 12.1 Å². The van der Waals surface area contributed by atoms with Gasteiger partial charge in [-0.05, 0) is 39.0 Å². The lowest BCUT2D eigenvalue weighted by Gasteiger charge is -2.25. The summed E-state index contributed by atoms with van der Waals surface area (Å²) in [5.41, 5.74) is -2.04. The van der Waals surface area contributed by atoms with Gasteiger partial charge in [0.05, 0.1) is 5.56 Å². The Morgan fingerprint density at radius 3 is 2.47 bits per heavy atom. The summed E-state index contributed by atoms with van der Waals surface area (Å²) in [4.78, 5) is 11.7. The van der Waals surface area contributed by atoms with Crippen molar-refractivity contribution in [3.05, 3.63) is 29.8 Å². The smallest absolute Gasteiger partial charge is 0.416 e. The first-order valence-electron chi connectivity index (χ1n) is 5.81. The second-order valence-electron chi connectivity index (χ2n) is 4.50. The summed E-state index contributed by atoms with van der Waals surface area (Å²) in [6, 6.07) is 4.45. The average molecular weight is 275 g/mol. The van der Waals surface area contributed by atoms with Gasteiger partial charge in [0.25, 0.3) is 5.91 Å². The number of hydrogen-bond acceptors (Lipinski definition) is 2. The molecule has 1 rings (SSSR count). The summed E-state index contributed by atoms with van der Waals surface area (Å²) >= 11 is 0. The van der Waals surface area contributed by atoms with Crippen LogP contribution in [0, 0.1) is 0 Å². The molecule has 106 valence electrons. The maximum Gasteiger partial charge on any atom is 0.416 e. The number of halogens is 3. The SMILES string of the molecule is CCNC(=O)C(C)(C)Oc1cccc(C(F)(F)F)c1. The molecular weight excluding hydrogens is 259 g/mol. The van der Waals surface area contributed by atoms with Crippen LogP contribution >= 0.6 is 0 Å². The van der Waals surface area contributed by atoms with Crippen molar-refractivity contribution in [3.63, 3.8) is 0 Å². The van der Waals surface area contributed by atoms with E-state index in [4.69, 9.17) is 4.74 Å². The van der Waals surface area contributed by atoms with E-state index in [1.807, 2.05) is 0 Å². The van der Waals surface area contributed by atoms with Crippen molar-refractivity contribution in [1.82, 2.24) is 5.32 Å². The van der Waals surface area contributed by atoms with Gasteiger partial charge in [0.15, 0.2) is 5.60 Å². The van der Waals surface area contributed by atoms with Crippen LogP contribution in [0.1, 0.15) is 26.3 Å². The molecule has 19 heavy (non-hydrogen) atoms. The van der Waals surface area contributed by atoms with E-state index in [1.54, 1.807) is 6.92 Å².